The molecule has 6 heteroatoms. The summed E-state index contributed by atoms with van der Waals surface area (Å²) in [6.45, 7) is 13.4. The van der Waals surface area contributed by atoms with Gasteiger partial charge in [-0.15, -0.1) is 0 Å². The third kappa shape index (κ3) is 6.09. The summed E-state index contributed by atoms with van der Waals surface area (Å²) in [4.78, 5) is 16.1. The van der Waals surface area contributed by atoms with E-state index in [9.17, 15) is 4.79 Å². The Hall–Kier alpha value is -3.77. The first kappa shape index (κ1) is 32.6. The number of unbranched alkanes of at least 4 members (excludes halogenated alkanes) is 5. The highest BCUT2D eigenvalue weighted by Gasteiger charge is 2.52. The highest BCUT2D eigenvalue weighted by Crippen LogP contribution is 2.53. The Labute approximate surface area is 269 Å². The van der Waals surface area contributed by atoms with Crippen molar-refractivity contribution in [1.29, 1.82) is 0 Å². The van der Waals surface area contributed by atoms with Gasteiger partial charge in [0.2, 0.25) is 0 Å². The molecule has 2 heterocycles. The number of carbonyl (C=O) groups excluding carboxylic acids is 1. The van der Waals surface area contributed by atoms with Crippen molar-refractivity contribution in [2.45, 2.75) is 98.0 Å². The number of anilines is 1. The Morgan fingerprint density at radius 3 is 2.31 bits per heavy atom. The molecule has 1 aliphatic heterocycles. The minimum absolute atomic E-state index is 0.324. The van der Waals surface area contributed by atoms with E-state index in [2.05, 4.69) is 79.6 Å². The van der Waals surface area contributed by atoms with Crippen molar-refractivity contribution in [3.05, 3.63) is 94.7 Å². The van der Waals surface area contributed by atoms with E-state index in [-0.39, 0.29) is 5.97 Å². The zero-order valence-corrected chi connectivity index (χ0v) is 28.0. The van der Waals surface area contributed by atoms with Crippen molar-refractivity contribution in [2.75, 3.05) is 25.1 Å². The molecule has 0 saturated heterocycles. The molecule has 45 heavy (non-hydrogen) atoms. The number of ether oxygens (including phenoxy) is 3. The smallest absolute Gasteiger partial charge is 0.340 e. The maximum Gasteiger partial charge on any atom is 0.340 e. The lowest BCUT2D eigenvalue weighted by molar-refractivity contribution is -0.0569. The lowest BCUT2D eigenvalue weighted by Crippen LogP contribution is -2.32. The SMILES string of the molecule is CCCCCCCCn1c(C)c(C2(c3ccc(N(CC)CC)cc3OC(CC)OC)OC(=O)c3ccccc32)c2ccccc21. The number of esters is 1. The second-order valence-corrected chi connectivity index (χ2v) is 12.1. The highest BCUT2D eigenvalue weighted by molar-refractivity contribution is 5.99. The standard InChI is InChI=1S/C39H50N2O4/c1-7-11-12-13-14-19-26-41-28(5)37(31-21-16-18-23-34(31)41)39(32-22-17-15-20-30(32)38(42)45-39)33-25-24-29(40(9-3)10-4)27-35(33)44-36(8-2)43-6/h15-18,20-25,27,36H,7-14,19,26H2,1-6H3. The summed E-state index contributed by atoms with van der Waals surface area (Å²) in [5.41, 5.74) is 5.34. The molecule has 0 saturated carbocycles. The molecule has 0 radical (unpaired) electrons. The number of methoxy groups -OCH3 is 1. The quantitative estimate of drug-likeness (QED) is 0.0719. The number of rotatable bonds is 16. The van der Waals surface area contributed by atoms with Crippen LogP contribution in [0.15, 0.2) is 66.7 Å². The van der Waals surface area contributed by atoms with Gasteiger partial charge in [-0.1, -0.05) is 82.3 Å². The number of hydrogen-bond acceptors (Lipinski definition) is 5. The van der Waals surface area contributed by atoms with E-state index in [0.29, 0.717) is 17.7 Å². The van der Waals surface area contributed by atoms with Gasteiger partial charge in [0.1, 0.15) is 5.75 Å². The number of fused-ring (bicyclic) bond motifs is 2. The van der Waals surface area contributed by atoms with Gasteiger partial charge in [-0.3, -0.25) is 0 Å². The van der Waals surface area contributed by atoms with Crippen molar-refractivity contribution in [2.24, 2.45) is 0 Å². The first-order chi connectivity index (χ1) is 21.9. The summed E-state index contributed by atoms with van der Waals surface area (Å²) in [5, 5.41) is 1.09. The molecule has 0 aliphatic carbocycles. The van der Waals surface area contributed by atoms with Crippen molar-refractivity contribution in [3.63, 3.8) is 0 Å². The number of carbonyl (C=O) groups is 1. The van der Waals surface area contributed by atoms with Crippen LogP contribution in [0.4, 0.5) is 5.69 Å². The Balaban J connectivity index is 1.76. The molecule has 2 unspecified atom stereocenters. The summed E-state index contributed by atoms with van der Waals surface area (Å²) in [7, 11) is 1.67. The Bertz CT molecular complexity index is 1600. The number of benzene rings is 3. The van der Waals surface area contributed by atoms with Crippen LogP contribution in [0.3, 0.4) is 0 Å². The second kappa shape index (κ2) is 14.6. The molecular formula is C39H50N2O4. The molecule has 4 aromatic rings. The second-order valence-electron chi connectivity index (χ2n) is 12.1. The normalized spacial score (nSPS) is 16.5. The van der Waals surface area contributed by atoms with Gasteiger partial charge in [-0.2, -0.15) is 0 Å². The summed E-state index contributed by atoms with van der Waals surface area (Å²) >= 11 is 0. The van der Waals surface area contributed by atoms with Gasteiger partial charge in [0, 0.05) is 78.2 Å². The van der Waals surface area contributed by atoms with Crippen LogP contribution >= 0.6 is 0 Å². The molecule has 1 aliphatic rings. The van der Waals surface area contributed by atoms with E-state index in [1.807, 2.05) is 31.2 Å². The number of aryl methyl sites for hydroxylation is 1. The number of nitrogens with zero attached hydrogens (tertiary/aromatic N) is 2. The monoisotopic (exact) mass is 610 g/mol. The average molecular weight is 611 g/mol. The predicted molar refractivity (Wildman–Crippen MR) is 184 cm³/mol. The fourth-order valence-electron chi connectivity index (χ4n) is 7.08. The third-order valence-corrected chi connectivity index (χ3v) is 9.42. The van der Waals surface area contributed by atoms with Crippen LogP contribution in [0, 0.1) is 6.92 Å². The first-order valence-corrected chi connectivity index (χ1v) is 16.9. The molecule has 3 aromatic carbocycles. The Morgan fingerprint density at radius 1 is 0.867 bits per heavy atom. The van der Waals surface area contributed by atoms with Crippen LogP contribution in [-0.4, -0.2) is 37.0 Å². The molecule has 6 nitrogen and oxygen atoms in total. The first-order valence-electron chi connectivity index (χ1n) is 16.9. The van der Waals surface area contributed by atoms with Crippen molar-refractivity contribution >= 4 is 22.6 Å². The van der Waals surface area contributed by atoms with E-state index >= 15 is 0 Å². The molecular weight excluding hydrogens is 560 g/mol. The average Bonchev–Trinajstić information content (AvgIpc) is 3.52. The predicted octanol–water partition coefficient (Wildman–Crippen LogP) is 9.38. The minimum Gasteiger partial charge on any atom is -0.464 e. The van der Waals surface area contributed by atoms with Gasteiger partial charge in [0.05, 0.1) is 5.56 Å². The van der Waals surface area contributed by atoms with Crippen LogP contribution in [0.2, 0.25) is 0 Å². The zero-order chi connectivity index (χ0) is 32.0. The number of hydrogen-bond donors (Lipinski definition) is 0. The van der Waals surface area contributed by atoms with Crippen LogP contribution in [-0.2, 0) is 21.6 Å². The largest absolute Gasteiger partial charge is 0.464 e. The summed E-state index contributed by atoms with van der Waals surface area (Å²) < 4.78 is 21.5. The topological polar surface area (TPSA) is 52.9 Å². The van der Waals surface area contributed by atoms with Crippen molar-refractivity contribution in [3.8, 4) is 5.75 Å². The molecule has 240 valence electrons. The van der Waals surface area contributed by atoms with E-state index in [1.54, 1.807) is 7.11 Å². The summed E-state index contributed by atoms with van der Waals surface area (Å²) in [5.74, 6) is 0.333. The van der Waals surface area contributed by atoms with Crippen LogP contribution in [0.1, 0.15) is 105 Å². The van der Waals surface area contributed by atoms with Crippen molar-refractivity contribution in [1.82, 2.24) is 4.57 Å². The molecule has 0 bridgehead atoms. The fourth-order valence-corrected chi connectivity index (χ4v) is 7.08. The minimum atomic E-state index is -1.20. The fraction of sp³-hybridized carbons (Fsp3) is 0.462. The van der Waals surface area contributed by atoms with Crippen LogP contribution in [0.5, 0.6) is 5.75 Å². The number of para-hydroxylation sites is 1. The van der Waals surface area contributed by atoms with Gasteiger partial charge in [-0.25, -0.2) is 4.79 Å². The van der Waals surface area contributed by atoms with E-state index in [4.69, 9.17) is 14.2 Å². The molecule has 0 fully saturated rings. The zero-order valence-electron chi connectivity index (χ0n) is 28.0. The van der Waals surface area contributed by atoms with E-state index < -0.39 is 11.9 Å². The lowest BCUT2D eigenvalue weighted by Gasteiger charge is -2.34. The number of cyclic esters (lactones) is 1. The molecule has 5 rings (SSSR count). The van der Waals surface area contributed by atoms with Gasteiger partial charge in [0.25, 0.3) is 0 Å². The Morgan fingerprint density at radius 2 is 1.58 bits per heavy atom. The summed E-state index contributed by atoms with van der Waals surface area (Å²) in [6, 6.07) is 22.7. The van der Waals surface area contributed by atoms with Crippen molar-refractivity contribution < 1.29 is 19.0 Å². The van der Waals surface area contributed by atoms with Gasteiger partial charge in [-0.05, 0) is 51.5 Å². The highest BCUT2D eigenvalue weighted by atomic mass is 16.7. The van der Waals surface area contributed by atoms with Gasteiger partial charge in [0.15, 0.2) is 11.9 Å². The van der Waals surface area contributed by atoms with Crippen LogP contribution < -0.4 is 9.64 Å². The van der Waals surface area contributed by atoms with Crippen LogP contribution in [0.25, 0.3) is 10.9 Å². The van der Waals surface area contributed by atoms with E-state index in [1.165, 1.54) is 32.1 Å². The maximum atomic E-state index is 13.8. The lowest BCUT2D eigenvalue weighted by atomic mass is 9.78. The third-order valence-electron chi connectivity index (χ3n) is 9.42. The van der Waals surface area contributed by atoms with Gasteiger partial charge < -0.3 is 23.7 Å². The molecule has 1 aromatic heterocycles. The van der Waals surface area contributed by atoms with E-state index in [0.717, 1.165) is 65.0 Å². The molecule has 0 amide bonds. The molecule has 0 N–H and O–H groups in total. The maximum absolute atomic E-state index is 13.8. The Kier molecular flexibility index (Phi) is 10.5. The van der Waals surface area contributed by atoms with Gasteiger partial charge >= 0.3 is 5.97 Å². The number of aromatic nitrogens is 1. The molecule has 0 spiro atoms. The molecule has 2 atom stereocenters. The summed E-state index contributed by atoms with van der Waals surface area (Å²) in [6.07, 6.45) is 7.61.